The zero-order chi connectivity index (χ0) is 27.2. The summed E-state index contributed by atoms with van der Waals surface area (Å²) in [6, 6.07) is 24.5. The summed E-state index contributed by atoms with van der Waals surface area (Å²) >= 11 is 7.79. The smallest absolute Gasteiger partial charge is 0.254 e. The molecule has 0 aliphatic carbocycles. The number of carbonyl (C=O) groups excluding carboxylic acids is 2. The number of allylic oxidation sites excluding steroid dienone is 2. The minimum atomic E-state index is -0.705. The van der Waals surface area contributed by atoms with Gasteiger partial charge in [-0.25, -0.2) is 0 Å². The molecule has 0 saturated heterocycles. The molecule has 1 heterocycles. The third kappa shape index (κ3) is 6.10. The van der Waals surface area contributed by atoms with Crippen LogP contribution in [0.2, 0.25) is 5.02 Å². The van der Waals surface area contributed by atoms with E-state index < -0.39 is 5.92 Å². The zero-order valence-corrected chi connectivity index (χ0v) is 22.8. The summed E-state index contributed by atoms with van der Waals surface area (Å²) in [6.07, 6.45) is 0. The van der Waals surface area contributed by atoms with Crippen LogP contribution in [0.5, 0.6) is 0 Å². The van der Waals surface area contributed by atoms with E-state index in [2.05, 4.69) is 22.0 Å². The summed E-state index contributed by atoms with van der Waals surface area (Å²) in [5.74, 6) is -1.16. The minimum absolute atomic E-state index is 0.0783. The van der Waals surface area contributed by atoms with Crippen molar-refractivity contribution in [2.24, 2.45) is 0 Å². The SMILES string of the molecule is CC1=C(C(=O)Nc2ccccc2)[C@H](c2ccccc2Cl)C(C#N)=C(SCC(=O)Nc2cc(C)ccc2C)N1. The minimum Gasteiger partial charge on any atom is -0.353 e. The van der Waals surface area contributed by atoms with Gasteiger partial charge in [0.1, 0.15) is 0 Å². The van der Waals surface area contributed by atoms with Crippen molar-refractivity contribution in [3.63, 3.8) is 0 Å². The van der Waals surface area contributed by atoms with Gasteiger partial charge in [0.25, 0.3) is 5.91 Å². The van der Waals surface area contributed by atoms with E-state index in [4.69, 9.17) is 11.6 Å². The monoisotopic (exact) mass is 542 g/mol. The second-order valence-electron chi connectivity index (χ2n) is 8.95. The number of hydrogen-bond donors (Lipinski definition) is 3. The first-order valence-electron chi connectivity index (χ1n) is 12.0. The van der Waals surface area contributed by atoms with Gasteiger partial charge in [0.05, 0.1) is 28.3 Å². The first-order valence-corrected chi connectivity index (χ1v) is 13.4. The number of para-hydroxylation sites is 1. The maximum absolute atomic E-state index is 13.5. The van der Waals surface area contributed by atoms with E-state index in [9.17, 15) is 14.9 Å². The number of benzene rings is 3. The molecule has 0 bridgehead atoms. The van der Waals surface area contributed by atoms with E-state index in [1.807, 2.05) is 62.4 Å². The zero-order valence-electron chi connectivity index (χ0n) is 21.3. The Hall–Kier alpha value is -3.99. The molecule has 1 aliphatic heterocycles. The van der Waals surface area contributed by atoms with E-state index in [-0.39, 0.29) is 17.6 Å². The topological polar surface area (TPSA) is 94.0 Å². The highest BCUT2D eigenvalue weighted by Gasteiger charge is 2.36. The van der Waals surface area contributed by atoms with Crippen LogP contribution in [0.3, 0.4) is 0 Å². The average molecular weight is 543 g/mol. The van der Waals surface area contributed by atoms with Crippen molar-refractivity contribution in [3.05, 3.63) is 116 Å². The number of rotatable bonds is 7. The van der Waals surface area contributed by atoms with Gasteiger partial charge < -0.3 is 16.0 Å². The van der Waals surface area contributed by atoms with Gasteiger partial charge in [0, 0.05) is 27.7 Å². The Labute approximate surface area is 231 Å². The fourth-order valence-electron chi connectivity index (χ4n) is 4.26. The van der Waals surface area contributed by atoms with Crippen molar-refractivity contribution in [2.45, 2.75) is 26.7 Å². The highest BCUT2D eigenvalue weighted by molar-refractivity contribution is 8.03. The molecule has 3 aromatic rings. The molecule has 0 spiro atoms. The molecule has 6 nitrogen and oxygen atoms in total. The first kappa shape index (κ1) is 27.1. The number of nitrogens with zero attached hydrogens (tertiary/aromatic N) is 1. The summed E-state index contributed by atoms with van der Waals surface area (Å²) < 4.78 is 0. The molecule has 192 valence electrons. The van der Waals surface area contributed by atoms with Crippen molar-refractivity contribution in [2.75, 3.05) is 16.4 Å². The van der Waals surface area contributed by atoms with Crippen LogP contribution in [0.1, 0.15) is 29.5 Å². The van der Waals surface area contributed by atoms with E-state index in [1.54, 1.807) is 31.2 Å². The van der Waals surface area contributed by atoms with Gasteiger partial charge in [-0.1, -0.05) is 71.9 Å². The van der Waals surface area contributed by atoms with Crippen molar-refractivity contribution < 1.29 is 9.59 Å². The highest BCUT2D eigenvalue weighted by Crippen LogP contribution is 2.43. The summed E-state index contributed by atoms with van der Waals surface area (Å²) in [6.45, 7) is 5.69. The molecule has 0 radical (unpaired) electrons. The van der Waals surface area contributed by atoms with Gasteiger partial charge in [-0.05, 0) is 61.7 Å². The number of nitrogens with one attached hydrogen (secondary N) is 3. The van der Waals surface area contributed by atoms with E-state index >= 15 is 0 Å². The van der Waals surface area contributed by atoms with Crippen LogP contribution in [0, 0.1) is 25.2 Å². The fourth-order valence-corrected chi connectivity index (χ4v) is 5.40. The van der Waals surface area contributed by atoms with Crippen molar-refractivity contribution in [1.82, 2.24) is 5.32 Å². The number of aryl methyl sites for hydroxylation is 2. The lowest BCUT2D eigenvalue weighted by Gasteiger charge is -2.30. The first-order chi connectivity index (χ1) is 18.3. The standard InChI is InChI=1S/C30H27ClN4O2S/c1-18-13-14-19(2)25(15-18)35-26(36)17-38-30-23(16-32)28(22-11-7-8-12-24(22)31)27(20(3)33-30)29(37)34-21-9-5-4-6-10-21/h4-15,28,33H,17H2,1-3H3,(H,34,37)(H,35,36)/t28-/m1/s1. The van der Waals surface area contributed by atoms with Crippen LogP contribution in [-0.2, 0) is 9.59 Å². The van der Waals surface area contributed by atoms with Crippen molar-refractivity contribution >= 4 is 46.6 Å². The second kappa shape index (κ2) is 12.0. The Balaban J connectivity index is 1.64. The maximum atomic E-state index is 13.5. The van der Waals surface area contributed by atoms with Gasteiger partial charge in [-0.2, -0.15) is 5.26 Å². The number of halogens is 1. The van der Waals surface area contributed by atoms with E-state index in [0.717, 1.165) is 16.8 Å². The van der Waals surface area contributed by atoms with Crippen molar-refractivity contribution in [1.29, 1.82) is 5.26 Å². The lowest BCUT2D eigenvalue weighted by atomic mass is 9.82. The molecular formula is C30H27ClN4O2S. The van der Waals surface area contributed by atoms with Crippen LogP contribution in [0.4, 0.5) is 11.4 Å². The molecule has 8 heteroatoms. The molecule has 0 aromatic heterocycles. The predicted molar refractivity (Wildman–Crippen MR) is 155 cm³/mol. The molecule has 3 N–H and O–H groups in total. The Bertz CT molecular complexity index is 1490. The average Bonchev–Trinajstić information content (AvgIpc) is 2.90. The van der Waals surface area contributed by atoms with Gasteiger partial charge >= 0.3 is 0 Å². The largest absolute Gasteiger partial charge is 0.353 e. The van der Waals surface area contributed by atoms with Crippen LogP contribution >= 0.6 is 23.4 Å². The Morgan fingerprint density at radius 3 is 2.42 bits per heavy atom. The summed E-state index contributed by atoms with van der Waals surface area (Å²) in [4.78, 5) is 26.3. The molecule has 1 atom stereocenters. The Morgan fingerprint density at radius 2 is 1.71 bits per heavy atom. The third-order valence-electron chi connectivity index (χ3n) is 6.15. The number of amides is 2. The predicted octanol–water partition coefficient (Wildman–Crippen LogP) is 6.66. The summed E-state index contributed by atoms with van der Waals surface area (Å²) in [5, 5.41) is 20.3. The van der Waals surface area contributed by atoms with Gasteiger partial charge in [-0.3, -0.25) is 9.59 Å². The van der Waals surface area contributed by atoms with E-state index in [0.29, 0.717) is 38.1 Å². The van der Waals surface area contributed by atoms with Crippen LogP contribution in [-0.4, -0.2) is 17.6 Å². The Kier molecular flexibility index (Phi) is 8.57. The number of carbonyl (C=O) groups is 2. The molecule has 1 aliphatic rings. The molecule has 0 unspecified atom stereocenters. The lowest BCUT2D eigenvalue weighted by molar-refractivity contribution is -0.114. The molecular weight excluding hydrogens is 516 g/mol. The Morgan fingerprint density at radius 1 is 1.00 bits per heavy atom. The number of thioether (sulfide) groups is 1. The molecule has 2 amide bonds. The summed E-state index contributed by atoms with van der Waals surface area (Å²) in [7, 11) is 0. The normalized spacial score (nSPS) is 15.0. The van der Waals surface area contributed by atoms with E-state index in [1.165, 1.54) is 11.8 Å². The lowest BCUT2D eigenvalue weighted by Crippen LogP contribution is -2.31. The molecule has 0 fully saturated rings. The molecule has 4 rings (SSSR count). The maximum Gasteiger partial charge on any atom is 0.254 e. The van der Waals surface area contributed by atoms with Crippen LogP contribution in [0.25, 0.3) is 0 Å². The second-order valence-corrected chi connectivity index (χ2v) is 10.3. The number of dihydropyridines is 1. The van der Waals surface area contributed by atoms with Crippen molar-refractivity contribution in [3.8, 4) is 6.07 Å². The molecule has 0 saturated carbocycles. The molecule has 38 heavy (non-hydrogen) atoms. The van der Waals surface area contributed by atoms with Gasteiger partial charge in [0.2, 0.25) is 5.91 Å². The van der Waals surface area contributed by atoms with Gasteiger partial charge in [-0.15, -0.1) is 0 Å². The van der Waals surface area contributed by atoms with Crippen LogP contribution in [0.15, 0.2) is 94.7 Å². The van der Waals surface area contributed by atoms with Crippen LogP contribution < -0.4 is 16.0 Å². The fraction of sp³-hybridized carbons (Fsp3) is 0.167. The highest BCUT2D eigenvalue weighted by atomic mass is 35.5. The quantitative estimate of drug-likeness (QED) is 0.310. The number of anilines is 2. The molecule has 3 aromatic carbocycles. The third-order valence-corrected chi connectivity index (χ3v) is 7.52. The summed E-state index contributed by atoms with van der Waals surface area (Å²) in [5.41, 5.74) is 5.35. The number of nitriles is 1. The number of hydrogen-bond acceptors (Lipinski definition) is 5. The van der Waals surface area contributed by atoms with Gasteiger partial charge in [0.15, 0.2) is 0 Å².